The molecule has 1 aromatic heterocycles. The molecule has 1 heterocycles. The molecule has 0 saturated carbocycles. The zero-order valence-electron chi connectivity index (χ0n) is 8.12. The maximum atomic E-state index is 8.99. The minimum Gasteiger partial charge on any atom is -0.381 e. The Bertz CT molecular complexity index is 401. The van der Waals surface area contributed by atoms with E-state index in [9.17, 15) is 0 Å². The first-order chi connectivity index (χ1) is 6.75. The normalized spacial score (nSPS) is 15.6. The zero-order valence-corrected chi connectivity index (χ0v) is 8.12. The van der Waals surface area contributed by atoms with Gasteiger partial charge < -0.3 is 5.11 Å². The molecule has 0 aliphatic heterocycles. The Balaban J connectivity index is 2.26. The monoisotopic (exact) mass is 188 g/mol. The summed E-state index contributed by atoms with van der Waals surface area (Å²) in [6.45, 7) is 1.63. The number of aliphatic hydroxyl groups is 1. The summed E-state index contributed by atoms with van der Waals surface area (Å²) in [5.41, 5.74) is 3.02. The molecule has 1 aromatic rings. The van der Waals surface area contributed by atoms with Crippen molar-refractivity contribution in [2.45, 2.75) is 32.3 Å². The second-order valence-corrected chi connectivity index (χ2v) is 3.50. The molecule has 1 atom stereocenters. The molecular formula is C11H12N2O. The lowest BCUT2D eigenvalue weighted by Crippen LogP contribution is -1.97. The molecule has 1 unspecified atom stereocenters. The van der Waals surface area contributed by atoms with Crippen molar-refractivity contribution in [3.05, 3.63) is 23.0 Å². The first-order valence-corrected chi connectivity index (χ1v) is 4.81. The zero-order chi connectivity index (χ0) is 9.97. The SMILES string of the molecule is CC(O)C#Cc1cc2c(nn1)CCC2. The van der Waals surface area contributed by atoms with Crippen LogP contribution in [0.4, 0.5) is 0 Å². The van der Waals surface area contributed by atoms with Gasteiger partial charge in [-0.3, -0.25) is 0 Å². The van der Waals surface area contributed by atoms with Gasteiger partial charge in [-0.15, -0.1) is 5.10 Å². The van der Waals surface area contributed by atoms with Crippen LogP contribution in [0.1, 0.15) is 30.3 Å². The van der Waals surface area contributed by atoms with Crippen molar-refractivity contribution < 1.29 is 5.11 Å². The lowest BCUT2D eigenvalue weighted by atomic mass is 10.2. The molecule has 1 aliphatic rings. The highest BCUT2D eigenvalue weighted by atomic mass is 16.3. The van der Waals surface area contributed by atoms with Gasteiger partial charge in [-0.2, -0.15) is 5.10 Å². The minimum atomic E-state index is -0.606. The van der Waals surface area contributed by atoms with Gasteiger partial charge in [0.05, 0.1) is 5.69 Å². The highest BCUT2D eigenvalue weighted by Gasteiger charge is 2.12. The molecule has 3 heteroatoms. The number of aliphatic hydroxyl groups excluding tert-OH is 1. The van der Waals surface area contributed by atoms with E-state index in [1.165, 1.54) is 5.56 Å². The van der Waals surface area contributed by atoms with Crippen molar-refractivity contribution in [1.29, 1.82) is 0 Å². The highest BCUT2D eigenvalue weighted by Crippen LogP contribution is 2.18. The van der Waals surface area contributed by atoms with Crippen molar-refractivity contribution in [2.75, 3.05) is 0 Å². The van der Waals surface area contributed by atoms with Crippen LogP contribution < -0.4 is 0 Å². The van der Waals surface area contributed by atoms with E-state index in [-0.39, 0.29) is 0 Å². The number of hydrogen-bond acceptors (Lipinski definition) is 3. The number of rotatable bonds is 0. The molecule has 2 rings (SSSR count). The summed E-state index contributed by atoms with van der Waals surface area (Å²) in [6, 6.07) is 1.98. The predicted molar refractivity (Wildman–Crippen MR) is 52.6 cm³/mol. The van der Waals surface area contributed by atoms with Gasteiger partial charge >= 0.3 is 0 Å². The standard InChI is InChI=1S/C11H12N2O/c1-8(14)5-6-10-7-9-3-2-4-11(9)13-12-10/h7-8,14H,2-4H2,1H3. The summed E-state index contributed by atoms with van der Waals surface area (Å²) in [5, 5.41) is 17.1. The van der Waals surface area contributed by atoms with Crippen LogP contribution in [0.25, 0.3) is 0 Å². The molecule has 0 radical (unpaired) electrons. The van der Waals surface area contributed by atoms with Gasteiger partial charge in [0.1, 0.15) is 11.8 Å². The summed E-state index contributed by atoms with van der Waals surface area (Å²) >= 11 is 0. The van der Waals surface area contributed by atoms with Gasteiger partial charge in [0.2, 0.25) is 0 Å². The summed E-state index contributed by atoms with van der Waals surface area (Å²) in [5.74, 6) is 5.46. The molecule has 0 bridgehead atoms. The fourth-order valence-electron chi connectivity index (χ4n) is 1.57. The lowest BCUT2D eigenvalue weighted by Gasteiger charge is -1.96. The van der Waals surface area contributed by atoms with Gasteiger partial charge in [-0.1, -0.05) is 5.92 Å². The second-order valence-electron chi connectivity index (χ2n) is 3.50. The molecule has 0 amide bonds. The molecule has 72 valence electrons. The first kappa shape index (κ1) is 9.17. The van der Waals surface area contributed by atoms with Crippen LogP contribution in [-0.2, 0) is 12.8 Å². The van der Waals surface area contributed by atoms with Crippen molar-refractivity contribution >= 4 is 0 Å². The third kappa shape index (κ3) is 1.91. The molecule has 0 fully saturated rings. The fraction of sp³-hybridized carbons (Fsp3) is 0.455. The van der Waals surface area contributed by atoms with Crippen molar-refractivity contribution in [3.63, 3.8) is 0 Å². The quantitative estimate of drug-likeness (QED) is 0.609. The Morgan fingerprint density at radius 3 is 3.07 bits per heavy atom. The average molecular weight is 188 g/mol. The van der Waals surface area contributed by atoms with Crippen LogP contribution in [0.15, 0.2) is 6.07 Å². The molecule has 0 saturated heterocycles. The molecule has 14 heavy (non-hydrogen) atoms. The van der Waals surface area contributed by atoms with Crippen molar-refractivity contribution in [1.82, 2.24) is 10.2 Å². The van der Waals surface area contributed by atoms with E-state index in [4.69, 9.17) is 5.11 Å². The predicted octanol–water partition coefficient (Wildman–Crippen LogP) is 0.698. The Morgan fingerprint density at radius 1 is 1.43 bits per heavy atom. The fourth-order valence-corrected chi connectivity index (χ4v) is 1.57. The van der Waals surface area contributed by atoms with Gasteiger partial charge in [-0.05, 0) is 43.7 Å². The number of fused-ring (bicyclic) bond motifs is 1. The number of hydrogen-bond donors (Lipinski definition) is 1. The van der Waals surface area contributed by atoms with Crippen LogP contribution in [-0.4, -0.2) is 21.4 Å². The number of aromatic nitrogens is 2. The largest absolute Gasteiger partial charge is 0.381 e. The molecule has 3 nitrogen and oxygen atoms in total. The molecule has 0 spiro atoms. The van der Waals surface area contributed by atoms with Crippen LogP contribution >= 0.6 is 0 Å². The van der Waals surface area contributed by atoms with Crippen LogP contribution in [0.3, 0.4) is 0 Å². The van der Waals surface area contributed by atoms with E-state index in [0.29, 0.717) is 5.69 Å². The smallest absolute Gasteiger partial charge is 0.136 e. The van der Waals surface area contributed by atoms with Crippen molar-refractivity contribution in [2.24, 2.45) is 0 Å². The third-order valence-corrected chi connectivity index (χ3v) is 2.23. The molecule has 1 aliphatic carbocycles. The molecule has 0 aromatic carbocycles. The highest BCUT2D eigenvalue weighted by molar-refractivity contribution is 5.34. The molecular weight excluding hydrogens is 176 g/mol. The average Bonchev–Trinajstić information content (AvgIpc) is 2.61. The minimum absolute atomic E-state index is 0.606. The maximum Gasteiger partial charge on any atom is 0.136 e. The topological polar surface area (TPSA) is 46.0 Å². The Hall–Kier alpha value is -1.40. The van der Waals surface area contributed by atoms with Crippen molar-refractivity contribution in [3.8, 4) is 11.8 Å². The molecule has 1 N–H and O–H groups in total. The Labute approximate surface area is 83.2 Å². The van der Waals surface area contributed by atoms with E-state index in [2.05, 4.69) is 22.0 Å². The van der Waals surface area contributed by atoms with Gasteiger partial charge in [0.25, 0.3) is 0 Å². The summed E-state index contributed by atoms with van der Waals surface area (Å²) in [6.07, 6.45) is 2.67. The third-order valence-electron chi connectivity index (χ3n) is 2.23. The maximum absolute atomic E-state index is 8.99. The summed E-state index contributed by atoms with van der Waals surface area (Å²) in [4.78, 5) is 0. The number of nitrogens with zero attached hydrogens (tertiary/aromatic N) is 2. The van der Waals surface area contributed by atoms with Crippen LogP contribution in [0.2, 0.25) is 0 Å². The van der Waals surface area contributed by atoms with E-state index in [1.54, 1.807) is 6.92 Å². The second kappa shape index (κ2) is 3.77. The van der Waals surface area contributed by atoms with Crippen LogP contribution in [0, 0.1) is 11.8 Å². The van der Waals surface area contributed by atoms with E-state index >= 15 is 0 Å². The Kier molecular flexibility index (Phi) is 2.47. The van der Waals surface area contributed by atoms with Crippen LogP contribution in [0.5, 0.6) is 0 Å². The van der Waals surface area contributed by atoms with Gasteiger partial charge in [0.15, 0.2) is 0 Å². The first-order valence-electron chi connectivity index (χ1n) is 4.81. The van der Waals surface area contributed by atoms with E-state index < -0.39 is 6.10 Å². The lowest BCUT2D eigenvalue weighted by molar-refractivity contribution is 0.253. The number of aryl methyl sites for hydroxylation is 2. The summed E-state index contributed by atoms with van der Waals surface area (Å²) < 4.78 is 0. The van der Waals surface area contributed by atoms with Gasteiger partial charge in [0, 0.05) is 0 Å². The Morgan fingerprint density at radius 2 is 2.29 bits per heavy atom. The van der Waals surface area contributed by atoms with E-state index in [1.807, 2.05) is 6.07 Å². The van der Waals surface area contributed by atoms with Gasteiger partial charge in [-0.25, -0.2) is 0 Å². The van der Waals surface area contributed by atoms with E-state index in [0.717, 1.165) is 25.0 Å². The summed E-state index contributed by atoms with van der Waals surface area (Å²) in [7, 11) is 0.